The van der Waals surface area contributed by atoms with Gasteiger partial charge in [0, 0.05) is 24.9 Å². The molecule has 0 saturated carbocycles. The number of hydrogen-bond donors (Lipinski definition) is 1. The number of hydrogen-bond acceptors (Lipinski definition) is 5. The summed E-state index contributed by atoms with van der Waals surface area (Å²) in [7, 11) is 0. The molecule has 0 spiro atoms. The zero-order valence-corrected chi connectivity index (χ0v) is 17.2. The van der Waals surface area contributed by atoms with E-state index in [1.807, 2.05) is 38.1 Å². The SMILES string of the molecule is CC1(C)Cc2cccc(OCCNC(=O)CCn3cnc4ccccc4c3=O)c2O1. The Morgan fingerprint density at radius 3 is 2.93 bits per heavy atom. The molecule has 7 nitrogen and oxygen atoms in total. The van der Waals surface area contributed by atoms with E-state index in [2.05, 4.69) is 10.3 Å². The molecule has 1 aromatic heterocycles. The summed E-state index contributed by atoms with van der Waals surface area (Å²) in [5.41, 5.74) is 1.42. The average Bonchev–Trinajstić information content (AvgIpc) is 3.05. The van der Waals surface area contributed by atoms with Crippen LogP contribution in [0.15, 0.2) is 53.6 Å². The Balaban J connectivity index is 1.26. The van der Waals surface area contributed by atoms with E-state index in [9.17, 15) is 9.59 Å². The second-order valence-corrected chi connectivity index (χ2v) is 7.99. The van der Waals surface area contributed by atoms with Gasteiger partial charge in [-0.3, -0.25) is 14.2 Å². The number of aryl methyl sites for hydroxylation is 1. The van der Waals surface area contributed by atoms with E-state index in [1.54, 1.807) is 18.2 Å². The Labute approximate surface area is 174 Å². The highest BCUT2D eigenvalue weighted by molar-refractivity contribution is 5.77. The summed E-state index contributed by atoms with van der Waals surface area (Å²) in [5, 5.41) is 3.37. The summed E-state index contributed by atoms with van der Waals surface area (Å²) in [6.45, 7) is 5.08. The summed E-state index contributed by atoms with van der Waals surface area (Å²) >= 11 is 0. The van der Waals surface area contributed by atoms with Gasteiger partial charge >= 0.3 is 0 Å². The third-order valence-electron chi connectivity index (χ3n) is 5.05. The number of aromatic nitrogens is 2. The predicted octanol–water partition coefficient (Wildman–Crippen LogP) is 2.70. The van der Waals surface area contributed by atoms with E-state index >= 15 is 0 Å². The molecule has 1 amide bonds. The largest absolute Gasteiger partial charge is 0.488 e. The van der Waals surface area contributed by atoms with Crippen LogP contribution in [0.25, 0.3) is 10.9 Å². The topological polar surface area (TPSA) is 82.5 Å². The molecule has 30 heavy (non-hydrogen) atoms. The number of rotatable bonds is 7. The van der Waals surface area contributed by atoms with Crippen LogP contribution in [0, 0.1) is 0 Å². The molecular formula is C23H25N3O4. The number of ether oxygens (including phenoxy) is 2. The first-order valence-electron chi connectivity index (χ1n) is 10.1. The molecule has 0 fully saturated rings. The van der Waals surface area contributed by atoms with Crippen molar-refractivity contribution in [3.05, 3.63) is 64.7 Å². The monoisotopic (exact) mass is 407 g/mol. The standard InChI is InChI=1S/C23H25N3O4/c1-23(2)14-16-6-5-9-19(21(16)30-23)29-13-11-24-20(27)10-12-26-15-25-18-8-4-3-7-17(18)22(26)28/h3-9,15H,10-14H2,1-2H3,(H,24,27). The van der Waals surface area contributed by atoms with E-state index in [4.69, 9.17) is 9.47 Å². The molecule has 0 bridgehead atoms. The highest BCUT2D eigenvalue weighted by Gasteiger charge is 2.32. The van der Waals surface area contributed by atoms with E-state index in [1.165, 1.54) is 10.9 Å². The molecule has 156 valence electrons. The van der Waals surface area contributed by atoms with Gasteiger partial charge in [0.05, 0.1) is 23.8 Å². The number of nitrogens with zero attached hydrogens (tertiary/aromatic N) is 2. The van der Waals surface area contributed by atoms with Gasteiger partial charge in [0.15, 0.2) is 11.5 Å². The van der Waals surface area contributed by atoms with Gasteiger partial charge in [0.25, 0.3) is 5.56 Å². The Kier molecular flexibility index (Phi) is 5.44. The van der Waals surface area contributed by atoms with Gasteiger partial charge in [-0.1, -0.05) is 24.3 Å². The van der Waals surface area contributed by atoms with Crippen LogP contribution in [0.2, 0.25) is 0 Å². The smallest absolute Gasteiger partial charge is 0.261 e. The van der Waals surface area contributed by atoms with Crippen LogP contribution in [-0.4, -0.2) is 34.2 Å². The third-order valence-corrected chi connectivity index (χ3v) is 5.05. The van der Waals surface area contributed by atoms with Crippen molar-refractivity contribution in [2.75, 3.05) is 13.2 Å². The van der Waals surface area contributed by atoms with Gasteiger partial charge in [0.2, 0.25) is 5.91 Å². The minimum absolute atomic E-state index is 0.141. The Morgan fingerprint density at radius 2 is 2.07 bits per heavy atom. The summed E-state index contributed by atoms with van der Waals surface area (Å²) in [6.07, 6.45) is 2.52. The van der Waals surface area contributed by atoms with Gasteiger partial charge in [-0.05, 0) is 32.0 Å². The lowest BCUT2D eigenvalue weighted by Crippen LogP contribution is -2.30. The molecule has 0 aliphatic carbocycles. The molecule has 7 heteroatoms. The number of fused-ring (bicyclic) bond motifs is 2. The lowest BCUT2D eigenvalue weighted by Gasteiger charge is -2.18. The van der Waals surface area contributed by atoms with Crippen LogP contribution >= 0.6 is 0 Å². The fourth-order valence-electron chi connectivity index (χ4n) is 3.63. The lowest BCUT2D eigenvalue weighted by atomic mass is 10.0. The van der Waals surface area contributed by atoms with E-state index < -0.39 is 0 Å². The van der Waals surface area contributed by atoms with Gasteiger partial charge in [-0.15, -0.1) is 0 Å². The summed E-state index contributed by atoms with van der Waals surface area (Å²) in [4.78, 5) is 28.9. The number of carbonyl (C=O) groups is 1. The molecule has 1 N–H and O–H groups in total. The normalized spacial score (nSPS) is 14.2. The number of para-hydroxylation sites is 2. The first-order valence-corrected chi connectivity index (χ1v) is 10.1. The second kappa shape index (κ2) is 8.18. The number of amides is 1. The summed E-state index contributed by atoms with van der Waals surface area (Å²) in [6, 6.07) is 13.0. The first kappa shape index (κ1) is 19.9. The molecule has 2 aromatic carbocycles. The Morgan fingerprint density at radius 1 is 1.23 bits per heavy atom. The molecule has 3 aromatic rings. The van der Waals surface area contributed by atoms with E-state index in [-0.39, 0.29) is 30.0 Å². The Bertz CT molecular complexity index is 1140. The average molecular weight is 407 g/mol. The van der Waals surface area contributed by atoms with Gasteiger partial charge in [0.1, 0.15) is 12.2 Å². The molecule has 0 atom stereocenters. The number of carbonyl (C=O) groups excluding carboxylic acids is 1. The van der Waals surface area contributed by atoms with Crippen LogP contribution in [0.3, 0.4) is 0 Å². The van der Waals surface area contributed by atoms with Crippen LogP contribution in [0.4, 0.5) is 0 Å². The van der Waals surface area contributed by atoms with Crippen LogP contribution in [0.5, 0.6) is 11.5 Å². The zero-order chi connectivity index (χ0) is 21.1. The maximum atomic E-state index is 12.5. The first-order chi connectivity index (χ1) is 14.4. The van der Waals surface area contributed by atoms with Crippen LogP contribution in [-0.2, 0) is 17.8 Å². The quantitative estimate of drug-likeness (QED) is 0.609. The fourth-order valence-corrected chi connectivity index (χ4v) is 3.63. The summed E-state index contributed by atoms with van der Waals surface area (Å²) < 4.78 is 13.3. The lowest BCUT2D eigenvalue weighted by molar-refractivity contribution is -0.121. The molecule has 0 unspecified atom stereocenters. The van der Waals surface area contributed by atoms with Crippen molar-refractivity contribution >= 4 is 16.8 Å². The van der Waals surface area contributed by atoms with Crippen LogP contribution in [0.1, 0.15) is 25.8 Å². The molecular weight excluding hydrogens is 382 g/mol. The molecule has 0 radical (unpaired) electrons. The van der Waals surface area contributed by atoms with Crippen molar-refractivity contribution in [1.82, 2.24) is 14.9 Å². The molecule has 1 aliphatic heterocycles. The highest BCUT2D eigenvalue weighted by atomic mass is 16.5. The van der Waals surface area contributed by atoms with Gasteiger partial charge in [-0.25, -0.2) is 4.98 Å². The van der Waals surface area contributed by atoms with Crippen molar-refractivity contribution in [3.8, 4) is 11.5 Å². The number of nitrogens with one attached hydrogen (secondary N) is 1. The predicted molar refractivity (Wildman–Crippen MR) is 114 cm³/mol. The van der Waals surface area contributed by atoms with E-state index in [0.29, 0.717) is 29.8 Å². The fraction of sp³-hybridized carbons (Fsp3) is 0.348. The minimum atomic E-state index is -0.230. The van der Waals surface area contributed by atoms with Gasteiger partial charge < -0.3 is 14.8 Å². The third kappa shape index (κ3) is 4.30. The number of benzene rings is 2. The maximum Gasteiger partial charge on any atom is 0.261 e. The van der Waals surface area contributed by atoms with Gasteiger partial charge in [-0.2, -0.15) is 0 Å². The van der Waals surface area contributed by atoms with Crippen molar-refractivity contribution in [3.63, 3.8) is 0 Å². The summed E-state index contributed by atoms with van der Waals surface area (Å²) in [5.74, 6) is 1.34. The minimum Gasteiger partial charge on any atom is -0.488 e. The molecule has 4 rings (SSSR count). The van der Waals surface area contributed by atoms with Crippen LogP contribution < -0.4 is 20.3 Å². The maximum absolute atomic E-state index is 12.5. The van der Waals surface area contributed by atoms with Crippen molar-refractivity contribution in [1.29, 1.82) is 0 Å². The second-order valence-electron chi connectivity index (χ2n) is 7.99. The highest BCUT2D eigenvalue weighted by Crippen LogP contribution is 2.41. The molecule has 1 aliphatic rings. The molecule has 0 saturated heterocycles. The van der Waals surface area contributed by atoms with E-state index in [0.717, 1.165) is 17.7 Å². The molecule has 2 heterocycles. The van der Waals surface area contributed by atoms with Crippen molar-refractivity contribution in [2.45, 2.75) is 38.8 Å². The zero-order valence-electron chi connectivity index (χ0n) is 17.2. The van der Waals surface area contributed by atoms with Crippen molar-refractivity contribution in [2.24, 2.45) is 0 Å². The Hall–Kier alpha value is -3.35. The van der Waals surface area contributed by atoms with Crippen molar-refractivity contribution < 1.29 is 14.3 Å².